The van der Waals surface area contributed by atoms with Gasteiger partial charge >= 0.3 is 5.97 Å². The van der Waals surface area contributed by atoms with E-state index in [4.69, 9.17) is 5.11 Å². The first-order valence-corrected chi connectivity index (χ1v) is 7.42. The highest BCUT2D eigenvalue weighted by molar-refractivity contribution is 5.94. The van der Waals surface area contributed by atoms with Gasteiger partial charge in [0.15, 0.2) is 0 Å². The van der Waals surface area contributed by atoms with Crippen molar-refractivity contribution in [3.8, 4) is 0 Å². The SMILES string of the molecule is O=C(NCCc1cnc(C2CC2)nc1)c1ccc(C(=O)O)nc1. The lowest BCUT2D eigenvalue weighted by Gasteiger charge is -2.05. The fraction of sp³-hybridized carbons (Fsp3) is 0.312. The normalized spacial score (nSPS) is 13.6. The van der Waals surface area contributed by atoms with Crippen molar-refractivity contribution in [2.75, 3.05) is 6.54 Å². The minimum absolute atomic E-state index is 0.0885. The predicted molar refractivity (Wildman–Crippen MR) is 81.2 cm³/mol. The Morgan fingerprint density at radius 1 is 1.13 bits per heavy atom. The molecule has 7 nitrogen and oxygen atoms in total. The van der Waals surface area contributed by atoms with Crippen LogP contribution in [-0.2, 0) is 6.42 Å². The summed E-state index contributed by atoms with van der Waals surface area (Å²) >= 11 is 0. The minimum atomic E-state index is -1.12. The Balaban J connectivity index is 1.49. The lowest BCUT2D eigenvalue weighted by Crippen LogP contribution is -2.26. The standard InChI is InChI=1S/C16H16N4O3/c21-15(12-3-4-13(16(22)23)18-9-12)17-6-5-10-7-19-14(20-8-10)11-1-2-11/h3-4,7-9,11H,1-2,5-6H2,(H,17,21)(H,22,23). The summed E-state index contributed by atoms with van der Waals surface area (Å²) in [6.45, 7) is 0.450. The molecule has 1 amide bonds. The molecule has 2 heterocycles. The molecule has 118 valence electrons. The third-order valence-electron chi connectivity index (χ3n) is 3.61. The quantitative estimate of drug-likeness (QED) is 0.835. The van der Waals surface area contributed by atoms with Crippen LogP contribution < -0.4 is 5.32 Å². The Labute approximate surface area is 132 Å². The number of rotatable bonds is 6. The number of nitrogens with zero attached hydrogens (tertiary/aromatic N) is 3. The van der Waals surface area contributed by atoms with Gasteiger partial charge in [0, 0.05) is 31.1 Å². The molecule has 3 rings (SSSR count). The third-order valence-corrected chi connectivity index (χ3v) is 3.61. The molecule has 2 N–H and O–H groups in total. The molecule has 1 saturated carbocycles. The topological polar surface area (TPSA) is 105 Å². The lowest BCUT2D eigenvalue weighted by atomic mass is 10.2. The first kappa shape index (κ1) is 15.1. The molecule has 0 bridgehead atoms. The second-order valence-corrected chi connectivity index (χ2v) is 5.47. The number of carboxylic acids is 1. The zero-order valence-corrected chi connectivity index (χ0v) is 12.4. The number of carbonyl (C=O) groups is 2. The van der Waals surface area contributed by atoms with Crippen LogP contribution in [0.4, 0.5) is 0 Å². The van der Waals surface area contributed by atoms with Crippen molar-refractivity contribution < 1.29 is 14.7 Å². The number of aromatic nitrogens is 3. The number of amides is 1. The van der Waals surface area contributed by atoms with Crippen molar-refractivity contribution in [2.24, 2.45) is 0 Å². The van der Waals surface area contributed by atoms with Crippen LogP contribution in [0, 0.1) is 0 Å². The van der Waals surface area contributed by atoms with Crippen molar-refractivity contribution in [1.82, 2.24) is 20.3 Å². The third kappa shape index (κ3) is 3.88. The molecule has 2 aromatic heterocycles. The van der Waals surface area contributed by atoms with Crippen LogP contribution in [0.5, 0.6) is 0 Å². The van der Waals surface area contributed by atoms with Crippen molar-refractivity contribution in [2.45, 2.75) is 25.2 Å². The van der Waals surface area contributed by atoms with E-state index in [2.05, 4.69) is 20.3 Å². The van der Waals surface area contributed by atoms with Crippen LogP contribution >= 0.6 is 0 Å². The van der Waals surface area contributed by atoms with Gasteiger partial charge in [-0.05, 0) is 37.0 Å². The molecule has 0 unspecified atom stereocenters. The van der Waals surface area contributed by atoms with Crippen LogP contribution in [-0.4, -0.2) is 38.5 Å². The monoisotopic (exact) mass is 312 g/mol. The highest BCUT2D eigenvalue weighted by Gasteiger charge is 2.26. The average molecular weight is 312 g/mol. The maximum Gasteiger partial charge on any atom is 0.354 e. The van der Waals surface area contributed by atoms with Crippen LogP contribution in [0.1, 0.15) is 51.0 Å². The van der Waals surface area contributed by atoms with Gasteiger partial charge < -0.3 is 10.4 Å². The fourth-order valence-corrected chi connectivity index (χ4v) is 2.12. The van der Waals surface area contributed by atoms with Gasteiger partial charge in [-0.2, -0.15) is 0 Å². The van der Waals surface area contributed by atoms with Crippen LogP contribution in [0.3, 0.4) is 0 Å². The Morgan fingerprint density at radius 3 is 2.43 bits per heavy atom. The summed E-state index contributed by atoms with van der Waals surface area (Å²) in [6.07, 6.45) is 7.84. The molecule has 1 aliphatic rings. The largest absolute Gasteiger partial charge is 0.477 e. The van der Waals surface area contributed by atoms with Crippen molar-refractivity contribution in [3.63, 3.8) is 0 Å². The molecule has 0 aromatic carbocycles. The Morgan fingerprint density at radius 2 is 1.87 bits per heavy atom. The van der Waals surface area contributed by atoms with Crippen LogP contribution in [0.25, 0.3) is 0 Å². The summed E-state index contributed by atoms with van der Waals surface area (Å²) in [4.78, 5) is 35.0. The maximum atomic E-state index is 11.9. The van der Waals surface area contributed by atoms with E-state index in [0.717, 1.165) is 11.4 Å². The summed E-state index contributed by atoms with van der Waals surface area (Å²) in [7, 11) is 0. The summed E-state index contributed by atoms with van der Waals surface area (Å²) in [5.41, 5.74) is 1.21. The number of hydrogen-bond acceptors (Lipinski definition) is 5. The molecule has 23 heavy (non-hydrogen) atoms. The summed E-state index contributed by atoms with van der Waals surface area (Å²) in [5, 5.41) is 11.5. The Hall–Kier alpha value is -2.83. The van der Waals surface area contributed by atoms with E-state index in [1.54, 1.807) is 12.4 Å². The molecule has 0 radical (unpaired) electrons. The van der Waals surface area contributed by atoms with E-state index in [0.29, 0.717) is 24.4 Å². The smallest absolute Gasteiger partial charge is 0.354 e. The van der Waals surface area contributed by atoms with Crippen molar-refractivity contribution >= 4 is 11.9 Å². The van der Waals surface area contributed by atoms with Crippen LogP contribution in [0.2, 0.25) is 0 Å². The van der Waals surface area contributed by atoms with E-state index in [9.17, 15) is 9.59 Å². The molecule has 0 atom stereocenters. The van der Waals surface area contributed by atoms with Crippen molar-refractivity contribution in [3.05, 3.63) is 53.4 Å². The van der Waals surface area contributed by atoms with Gasteiger partial charge in [0.2, 0.25) is 0 Å². The van der Waals surface area contributed by atoms with E-state index in [-0.39, 0.29) is 11.6 Å². The van der Waals surface area contributed by atoms with E-state index in [1.807, 2.05) is 0 Å². The number of carboxylic acid groups (broad SMARTS) is 1. The first-order valence-electron chi connectivity index (χ1n) is 7.42. The van der Waals surface area contributed by atoms with Gasteiger partial charge in [-0.3, -0.25) is 4.79 Å². The Kier molecular flexibility index (Phi) is 4.27. The van der Waals surface area contributed by atoms with E-state index in [1.165, 1.54) is 31.2 Å². The van der Waals surface area contributed by atoms with Gasteiger partial charge in [0.25, 0.3) is 5.91 Å². The summed E-state index contributed by atoms with van der Waals surface area (Å²) < 4.78 is 0. The zero-order valence-electron chi connectivity index (χ0n) is 12.4. The lowest BCUT2D eigenvalue weighted by molar-refractivity contribution is 0.0689. The van der Waals surface area contributed by atoms with Gasteiger partial charge in [-0.25, -0.2) is 19.7 Å². The van der Waals surface area contributed by atoms with E-state index >= 15 is 0 Å². The minimum Gasteiger partial charge on any atom is -0.477 e. The molecule has 7 heteroatoms. The van der Waals surface area contributed by atoms with E-state index < -0.39 is 5.97 Å². The molecular weight excluding hydrogens is 296 g/mol. The van der Waals surface area contributed by atoms with Gasteiger partial charge in [-0.15, -0.1) is 0 Å². The molecule has 1 fully saturated rings. The average Bonchev–Trinajstić information content (AvgIpc) is 3.40. The highest BCUT2D eigenvalue weighted by Crippen LogP contribution is 2.37. The second kappa shape index (κ2) is 6.51. The number of hydrogen-bond donors (Lipinski definition) is 2. The van der Waals surface area contributed by atoms with Crippen molar-refractivity contribution in [1.29, 1.82) is 0 Å². The summed E-state index contributed by atoms with van der Waals surface area (Å²) in [5.74, 6) is 0.0315. The summed E-state index contributed by atoms with van der Waals surface area (Å²) in [6, 6.07) is 2.75. The number of pyridine rings is 1. The Bertz CT molecular complexity index is 709. The molecular formula is C16H16N4O3. The highest BCUT2D eigenvalue weighted by atomic mass is 16.4. The maximum absolute atomic E-state index is 11.9. The van der Waals surface area contributed by atoms with Gasteiger partial charge in [-0.1, -0.05) is 0 Å². The molecule has 0 spiro atoms. The number of nitrogens with one attached hydrogen (secondary N) is 1. The predicted octanol–water partition coefficient (Wildman–Crippen LogP) is 1.42. The number of carbonyl (C=O) groups excluding carboxylic acids is 1. The number of aromatic carboxylic acids is 1. The molecule has 1 aliphatic carbocycles. The van der Waals surface area contributed by atoms with Crippen LogP contribution in [0.15, 0.2) is 30.7 Å². The molecule has 0 aliphatic heterocycles. The fourth-order valence-electron chi connectivity index (χ4n) is 2.12. The first-order chi connectivity index (χ1) is 11.1. The molecule has 2 aromatic rings. The van der Waals surface area contributed by atoms with Gasteiger partial charge in [0.1, 0.15) is 11.5 Å². The van der Waals surface area contributed by atoms with Gasteiger partial charge in [0.05, 0.1) is 5.56 Å². The second-order valence-electron chi connectivity index (χ2n) is 5.47. The molecule has 0 saturated heterocycles. The zero-order chi connectivity index (χ0) is 16.2.